The minimum Gasteiger partial charge on any atom is -0.347 e. The maximum atomic E-state index is 14.4. The van der Waals surface area contributed by atoms with Crippen molar-refractivity contribution in [1.29, 1.82) is 0 Å². The zero-order chi connectivity index (χ0) is 32.5. The zero-order valence-electron chi connectivity index (χ0n) is 29.3. The van der Waals surface area contributed by atoms with Crippen molar-refractivity contribution >= 4 is 17.7 Å². The second-order valence-corrected chi connectivity index (χ2v) is 19.1. The Balaban J connectivity index is 0.999. The van der Waals surface area contributed by atoms with Gasteiger partial charge < -0.3 is 16.0 Å². The van der Waals surface area contributed by atoms with Crippen molar-refractivity contribution in [2.75, 3.05) is 0 Å². The molecule has 11 rings (SSSR count). The van der Waals surface area contributed by atoms with Crippen molar-refractivity contribution in [3.05, 3.63) is 34.9 Å². The fraction of sp³-hybridized carbons (Fsp3) is 0.786. The van der Waals surface area contributed by atoms with Crippen molar-refractivity contribution in [2.24, 2.45) is 41.4 Å². The highest BCUT2D eigenvalue weighted by molar-refractivity contribution is 6.05. The molecule has 0 spiro atoms. The van der Waals surface area contributed by atoms with Crippen LogP contribution in [0.4, 0.5) is 0 Å². The van der Waals surface area contributed by atoms with E-state index in [0.29, 0.717) is 22.6 Å². The van der Waals surface area contributed by atoms with Crippen LogP contribution >= 0.6 is 0 Å². The molecule has 260 valence electrons. The van der Waals surface area contributed by atoms with Crippen LogP contribution in [0.5, 0.6) is 0 Å². The van der Waals surface area contributed by atoms with Gasteiger partial charge in [0, 0.05) is 33.3 Å². The van der Waals surface area contributed by atoms with Crippen molar-refractivity contribution < 1.29 is 14.4 Å². The lowest BCUT2D eigenvalue weighted by atomic mass is 9.53. The van der Waals surface area contributed by atoms with Crippen molar-refractivity contribution in [3.63, 3.8) is 0 Å². The van der Waals surface area contributed by atoms with Gasteiger partial charge in [0.05, 0.1) is 0 Å². The van der Waals surface area contributed by atoms with Gasteiger partial charge in [-0.05, 0) is 156 Å². The van der Waals surface area contributed by atoms with E-state index in [2.05, 4.69) is 16.0 Å². The van der Waals surface area contributed by atoms with E-state index in [1.165, 1.54) is 77.0 Å². The first-order chi connectivity index (χ1) is 23.2. The van der Waals surface area contributed by atoms with Crippen LogP contribution in [0, 0.1) is 41.4 Å². The molecule has 6 nitrogen and oxygen atoms in total. The number of carbonyl (C=O) groups is 3. The van der Waals surface area contributed by atoms with Crippen LogP contribution in [0.2, 0.25) is 0 Å². The van der Waals surface area contributed by atoms with Gasteiger partial charge in [-0.25, -0.2) is 0 Å². The van der Waals surface area contributed by atoms with Gasteiger partial charge in [0.15, 0.2) is 0 Å². The number of carbonyl (C=O) groups excluding carboxylic acids is 3. The number of amides is 3. The third-order valence-corrected chi connectivity index (χ3v) is 15.1. The van der Waals surface area contributed by atoms with Gasteiger partial charge in [0.25, 0.3) is 17.7 Å². The molecule has 0 unspecified atom stereocenters. The van der Waals surface area contributed by atoms with Gasteiger partial charge >= 0.3 is 0 Å². The van der Waals surface area contributed by atoms with Crippen molar-refractivity contribution in [3.8, 4) is 0 Å². The molecule has 3 amide bonds. The molecule has 1 aromatic carbocycles. The molecule has 0 saturated heterocycles. The minimum atomic E-state index is -0.184. The molecule has 10 saturated carbocycles. The van der Waals surface area contributed by atoms with Crippen molar-refractivity contribution in [1.82, 2.24) is 16.0 Å². The number of benzene rings is 1. The van der Waals surface area contributed by atoms with Crippen LogP contribution in [0.15, 0.2) is 18.2 Å². The topological polar surface area (TPSA) is 87.3 Å². The average Bonchev–Trinajstić information content (AvgIpc) is 3.03. The Kier molecular flexibility index (Phi) is 8.00. The van der Waals surface area contributed by atoms with Crippen molar-refractivity contribution in [2.45, 2.75) is 164 Å². The van der Waals surface area contributed by atoms with Gasteiger partial charge in [-0.15, -0.1) is 0 Å². The molecule has 48 heavy (non-hydrogen) atoms. The van der Waals surface area contributed by atoms with E-state index in [0.717, 1.165) is 106 Å². The van der Waals surface area contributed by atoms with E-state index in [1.807, 2.05) is 0 Å². The van der Waals surface area contributed by atoms with Gasteiger partial charge in [0.2, 0.25) is 0 Å². The smallest absolute Gasteiger partial charge is 0.251 e. The van der Waals surface area contributed by atoms with E-state index >= 15 is 0 Å². The lowest BCUT2D eigenvalue weighted by Gasteiger charge is -2.57. The Morgan fingerprint density at radius 3 is 1.25 bits per heavy atom. The molecule has 10 fully saturated rings. The summed E-state index contributed by atoms with van der Waals surface area (Å²) >= 11 is 0. The molecule has 10 aliphatic carbocycles. The molecule has 0 heterocycles. The van der Waals surface area contributed by atoms with Crippen LogP contribution in [0.1, 0.15) is 179 Å². The van der Waals surface area contributed by atoms with E-state index in [4.69, 9.17) is 0 Å². The molecule has 1 aromatic rings. The van der Waals surface area contributed by atoms with Gasteiger partial charge in [-0.1, -0.05) is 51.4 Å². The van der Waals surface area contributed by atoms with Crippen LogP contribution in [0.3, 0.4) is 0 Å². The summed E-state index contributed by atoms with van der Waals surface area (Å²) < 4.78 is 0. The first-order valence-electron chi connectivity index (χ1n) is 20.3. The zero-order valence-corrected chi connectivity index (χ0v) is 29.3. The lowest BCUT2D eigenvalue weighted by molar-refractivity contribution is -0.0169. The maximum Gasteiger partial charge on any atom is 0.251 e. The minimum absolute atomic E-state index is 0.106. The summed E-state index contributed by atoms with van der Waals surface area (Å²) in [7, 11) is 0. The first-order valence-corrected chi connectivity index (χ1v) is 20.3. The number of rotatable bonds is 8. The Labute approximate surface area is 288 Å². The van der Waals surface area contributed by atoms with Gasteiger partial charge in [-0.3, -0.25) is 14.4 Å². The Hall–Kier alpha value is -2.37. The lowest BCUT2D eigenvalue weighted by Crippen LogP contribution is -2.60. The maximum absolute atomic E-state index is 14.4. The van der Waals surface area contributed by atoms with Crippen LogP contribution in [-0.2, 0) is 0 Å². The van der Waals surface area contributed by atoms with Gasteiger partial charge in [-0.2, -0.15) is 0 Å². The summed E-state index contributed by atoms with van der Waals surface area (Å²) in [5, 5.41) is 10.7. The second-order valence-electron chi connectivity index (χ2n) is 19.1. The Morgan fingerprint density at radius 2 is 0.854 bits per heavy atom. The van der Waals surface area contributed by atoms with Crippen LogP contribution in [0.25, 0.3) is 0 Å². The molecule has 8 bridgehead atoms. The average molecular weight is 654 g/mol. The van der Waals surface area contributed by atoms with E-state index in [9.17, 15) is 14.4 Å². The van der Waals surface area contributed by atoms with Gasteiger partial charge in [0.1, 0.15) is 0 Å². The van der Waals surface area contributed by atoms with E-state index < -0.39 is 0 Å². The summed E-state index contributed by atoms with van der Waals surface area (Å²) in [4.78, 5) is 42.8. The fourth-order valence-electron chi connectivity index (χ4n) is 14.0. The molecule has 0 aromatic heterocycles. The third kappa shape index (κ3) is 6.14. The standard InChI is InChI=1S/C42H59N3O3/c46-37(43-40(9-5-2-6-10-40)20-27-7-3-1-4-8-27)34-17-35(38(47)44-41-21-28-11-29(22-41)13-30(12-28)23-41)19-36(18-34)39(48)45-42-24-31-14-32(25-42)16-33(15-31)26-42/h17-19,27-33H,1-16,20-26H2,(H,43,46)(H,44,47)(H,45,48). The molecule has 0 radical (unpaired) electrons. The fourth-order valence-corrected chi connectivity index (χ4v) is 14.0. The molecule has 6 heteroatoms. The quantitative estimate of drug-likeness (QED) is 0.263. The summed E-state index contributed by atoms with van der Waals surface area (Å²) in [5.41, 5.74) is 0.974. The summed E-state index contributed by atoms with van der Waals surface area (Å²) in [6.07, 6.45) is 27.5. The first kappa shape index (κ1) is 31.6. The highest BCUT2D eigenvalue weighted by Gasteiger charge is 2.53. The molecule has 3 N–H and O–H groups in total. The molecular weight excluding hydrogens is 594 g/mol. The number of nitrogens with one attached hydrogen (secondary N) is 3. The molecule has 10 aliphatic rings. The molecular formula is C42H59N3O3. The predicted octanol–water partition coefficient (Wildman–Crippen LogP) is 8.49. The second kappa shape index (κ2) is 12.1. The summed E-state index contributed by atoms with van der Waals surface area (Å²) in [6.45, 7) is 0. The SMILES string of the molecule is O=C(NC1(CC2CCCCC2)CCCCC1)c1cc(C(=O)NC23CC4CC(CC(C4)C2)C3)cc(C(=O)NC23CC4CC(CC(C4)C2)C3)c1. The number of hydrogen-bond acceptors (Lipinski definition) is 3. The molecule has 0 aliphatic heterocycles. The Bertz CT molecular complexity index is 1290. The third-order valence-electron chi connectivity index (χ3n) is 15.1. The summed E-state index contributed by atoms with van der Waals surface area (Å²) in [6, 6.07) is 5.38. The monoisotopic (exact) mass is 653 g/mol. The summed E-state index contributed by atoms with van der Waals surface area (Å²) in [5.74, 6) is 4.72. The normalized spacial score (nSPS) is 39.2. The highest BCUT2D eigenvalue weighted by Crippen LogP contribution is 2.57. The number of hydrogen-bond donors (Lipinski definition) is 3. The highest BCUT2D eigenvalue weighted by atomic mass is 16.2. The van der Waals surface area contributed by atoms with Crippen LogP contribution < -0.4 is 16.0 Å². The predicted molar refractivity (Wildman–Crippen MR) is 188 cm³/mol. The van der Waals surface area contributed by atoms with E-state index in [-0.39, 0.29) is 34.3 Å². The Morgan fingerprint density at radius 1 is 0.500 bits per heavy atom. The largest absolute Gasteiger partial charge is 0.347 e. The van der Waals surface area contributed by atoms with Crippen LogP contribution in [-0.4, -0.2) is 34.3 Å². The molecule has 0 atom stereocenters. The van der Waals surface area contributed by atoms with E-state index in [1.54, 1.807) is 18.2 Å².